The molecule has 3 saturated heterocycles. The molecule has 0 saturated carbocycles. The molecular weight excluding hydrogens is 609 g/mol. The molecule has 0 bridgehead atoms. The maximum Gasteiger partial charge on any atom is 0.220 e. The number of piperidine rings is 1. The van der Waals surface area contributed by atoms with Gasteiger partial charge in [-0.3, -0.25) is 24.4 Å². The third-order valence-electron chi connectivity index (χ3n) is 9.43. The van der Waals surface area contributed by atoms with Gasteiger partial charge in [0.15, 0.2) is 9.83 Å². The summed E-state index contributed by atoms with van der Waals surface area (Å²) in [5.41, 5.74) is 7.80. The van der Waals surface area contributed by atoms with Crippen LogP contribution < -0.4 is 5.73 Å². The van der Waals surface area contributed by atoms with Crippen molar-refractivity contribution in [3.05, 3.63) is 45.3 Å². The number of piperazine rings is 1. The Labute approximate surface area is 268 Å². The Morgan fingerprint density at radius 3 is 2.67 bits per heavy atom. The van der Waals surface area contributed by atoms with Crippen LogP contribution in [0.4, 0.5) is 0 Å². The van der Waals surface area contributed by atoms with Gasteiger partial charge in [0.2, 0.25) is 5.91 Å². The van der Waals surface area contributed by atoms with Crippen molar-refractivity contribution in [1.82, 2.24) is 24.5 Å². The number of halogens is 2. The monoisotopic (exact) mass is 651 g/mol. The van der Waals surface area contributed by atoms with Crippen molar-refractivity contribution >= 4 is 57.9 Å². The molecule has 5 aliphatic rings. The van der Waals surface area contributed by atoms with Gasteiger partial charge in [0.25, 0.3) is 0 Å². The number of likely N-dealkylation sites (N-methyl/N-ethyl adjacent to an activating group) is 1. The van der Waals surface area contributed by atoms with Gasteiger partial charge in [0.05, 0.1) is 16.1 Å². The van der Waals surface area contributed by atoms with E-state index in [2.05, 4.69) is 56.8 Å². The molecule has 1 aromatic heterocycles. The number of hydrogen-bond donors (Lipinski definition) is 1. The summed E-state index contributed by atoms with van der Waals surface area (Å²) < 4.78 is -0.846. The minimum atomic E-state index is -0.846. The van der Waals surface area contributed by atoms with Crippen molar-refractivity contribution in [2.75, 3.05) is 59.4 Å². The fourth-order valence-electron chi connectivity index (χ4n) is 7.16. The standard InChI is InChI=1S/C30H43Cl2N7OS2/c1-3-10-36-15-16-39(26(19-36)37-13-8-21(9-14-37)28(33)40)30(32)27(25-17-23(31)20-41-25)34-29(42-30)38-12-4-6-22(18-38)24-7-5-11-35(24)2/h4,6,17-18,20-21,24,26,29H,3,5,7-16,19H2,1-2H3,(H2,33,40). The smallest absolute Gasteiger partial charge is 0.220 e. The van der Waals surface area contributed by atoms with E-state index in [4.69, 9.17) is 33.9 Å². The zero-order valence-electron chi connectivity index (χ0n) is 24.6. The van der Waals surface area contributed by atoms with Crippen molar-refractivity contribution in [1.29, 1.82) is 0 Å². The number of aliphatic imine (C=N–C) groups is 1. The molecule has 6 heterocycles. The van der Waals surface area contributed by atoms with E-state index in [1.807, 2.05) is 11.4 Å². The van der Waals surface area contributed by atoms with Gasteiger partial charge in [-0.1, -0.05) is 54.0 Å². The summed E-state index contributed by atoms with van der Waals surface area (Å²) in [4.78, 5) is 30.7. The second-order valence-corrected chi connectivity index (χ2v) is 15.5. The first-order valence-electron chi connectivity index (χ1n) is 15.3. The molecule has 2 N–H and O–H groups in total. The molecular formula is C30H43Cl2N7OS2. The maximum absolute atomic E-state index is 11.9. The van der Waals surface area contributed by atoms with E-state index in [0.29, 0.717) is 6.04 Å². The summed E-state index contributed by atoms with van der Waals surface area (Å²) >= 11 is 17.7. The van der Waals surface area contributed by atoms with E-state index >= 15 is 0 Å². The predicted octanol–water partition coefficient (Wildman–Crippen LogP) is 4.51. The van der Waals surface area contributed by atoms with Crippen molar-refractivity contribution in [2.45, 2.75) is 61.1 Å². The first kappa shape index (κ1) is 30.9. The van der Waals surface area contributed by atoms with Gasteiger partial charge < -0.3 is 10.6 Å². The topological polar surface area (TPSA) is 71.7 Å². The normalized spacial score (nSPS) is 32.5. The Kier molecular flexibility index (Phi) is 9.63. The fraction of sp³-hybridized carbons (Fsp3) is 0.667. The minimum Gasteiger partial charge on any atom is -0.369 e. The number of amides is 1. The Morgan fingerprint density at radius 1 is 1.19 bits per heavy atom. The van der Waals surface area contributed by atoms with Crippen LogP contribution in [0.25, 0.3) is 0 Å². The van der Waals surface area contributed by atoms with Crippen molar-refractivity contribution in [3.8, 4) is 0 Å². The highest BCUT2D eigenvalue weighted by Gasteiger charge is 2.54. The summed E-state index contributed by atoms with van der Waals surface area (Å²) in [6.07, 6.45) is 12.1. The molecule has 0 radical (unpaired) electrons. The predicted molar refractivity (Wildman–Crippen MR) is 176 cm³/mol. The highest BCUT2D eigenvalue weighted by Crippen LogP contribution is 2.50. The number of nitrogens with two attached hydrogens (primary N) is 1. The molecule has 6 rings (SSSR count). The number of carbonyl (C=O) groups is 1. The molecule has 4 unspecified atom stereocenters. The molecule has 12 heteroatoms. The van der Waals surface area contributed by atoms with Gasteiger partial charge in [-0.25, -0.2) is 4.99 Å². The van der Waals surface area contributed by atoms with Crippen LogP contribution in [0.1, 0.15) is 43.9 Å². The second kappa shape index (κ2) is 13.1. The Hall–Kier alpha value is -1.11. The maximum atomic E-state index is 11.9. The van der Waals surface area contributed by atoms with E-state index in [-0.39, 0.29) is 23.5 Å². The number of hydrogen-bond acceptors (Lipinski definition) is 9. The molecule has 8 nitrogen and oxygen atoms in total. The highest BCUT2D eigenvalue weighted by atomic mass is 35.5. The molecule has 0 aromatic carbocycles. The third-order valence-corrected chi connectivity index (χ3v) is 12.7. The molecule has 5 aliphatic heterocycles. The lowest BCUT2D eigenvalue weighted by Crippen LogP contribution is -2.67. The first-order chi connectivity index (χ1) is 20.3. The quantitative estimate of drug-likeness (QED) is 0.328. The number of rotatable bonds is 8. The molecule has 0 spiro atoms. The fourth-order valence-corrected chi connectivity index (χ4v) is 10.3. The molecule has 230 valence electrons. The lowest BCUT2D eigenvalue weighted by Gasteiger charge is -2.52. The lowest BCUT2D eigenvalue weighted by molar-refractivity contribution is -0.124. The van der Waals surface area contributed by atoms with Gasteiger partial charge in [-0.15, -0.1) is 11.3 Å². The minimum absolute atomic E-state index is 0.0438. The summed E-state index contributed by atoms with van der Waals surface area (Å²) in [6, 6.07) is 2.46. The molecule has 42 heavy (non-hydrogen) atoms. The van der Waals surface area contributed by atoms with E-state index in [1.165, 1.54) is 18.4 Å². The van der Waals surface area contributed by atoms with E-state index in [0.717, 1.165) is 87.2 Å². The van der Waals surface area contributed by atoms with Crippen LogP contribution in [0.3, 0.4) is 0 Å². The first-order valence-corrected chi connectivity index (χ1v) is 17.8. The lowest BCUT2D eigenvalue weighted by atomic mass is 9.95. The number of carbonyl (C=O) groups excluding carboxylic acids is 1. The van der Waals surface area contributed by atoms with Crippen LogP contribution >= 0.6 is 46.3 Å². The van der Waals surface area contributed by atoms with Crippen molar-refractivity contribution < 1.29 is 4.79 Å². The number of alkyl halides is 1. The Balaban J connectivity index is 1.31. The average molecular weight is 653 g/mol. The van der Waals surface area contributed by atoms with E-state index in [1.54, 1.807) is 23.1 Å². The van der Waals surface area contributed by atoms with Gasteiger partial charge in [-0.2, -0.15) is 0 Å². The molecule has 0 aliphatic carbocycles. The van der Waals surface area contributed by atoms with E-state index in [9.17, 15) is 4.79 Å². The molecule has 1 amide bonds. The van der Waals surface area contributed by atoms with Gasteiger partial charge in [0.1, 0.15) is 5.71 Å². The Morgan fingerprint density at radius 2 is 2.00 bits per heavy atom. The summed E-state index contributed by atoms with van der Waals surface area (Å²) in [6.45, 7) is 9.65. The summed E-state index contributed by atoms with van der Waals surface area (Å²) in [7, 11) is 2.22. The van der Waals surface area contributed by atoms with Crippen LogP contribution in [0.5, 0.6) is 0 Å². The van der Waals surface area contributed by atoms with Crippen molar-refractivity contribution in [2.24, 2.45) is 16.6 Å². The van der Waals surface area contributed by atoms with Crippen LogP contribution in [0.2, 0.25) is 5.02 Å². The summed E-state index contributed by atoms with van der Waals surface area (Å²) in [5, 5.41) is 2.69. The third kappa shape index (κ3) is 6.20. The molecule has 3 fully saturated rings. The van der Waals surface area contributed by atoms with Crippen LogP contribution in [0.15, 0.2) is 40.4 Å². The van der Waals surface area contributed by atoms with E-state index < -0.39 is 4.33 Å². The zero-order valence-corrected chi connectivity index (χ0v) is 27.8. The molecule has 1 aromatic rings. The van der Waals surface area contributed by atoms with Gasteiger partial charge >= 0.3 is 0 Å². The highest BCUT2D eigenvalue weighted by molar-refractivity contribution is 8.03. The van der Waals surface area contributed by atoms with Crippen molar-refractivity contribution in [3.63, 3.8) is 0 Å². The largest absolute Gasteiger partial charge is 0.369 e. The van der Waals surface area contributed by atoms with Crippen LogP contribution in [-0.4, -0.2) is 118 Å². The number of likely N-dealkylation sites (tertiary alicyclic amines) is 2. The number of thioether (sulfide) groups is 1. The summed E-state index contributed by atoms with van der Waals surface area (Å²) in [5.74, 6) is -0.223. The second-order valence-electron chi connectivity index (χ2n) is 12.2. The van der Waals surface area contributed by atoms with Gasteiger partial charge in [-0.05, 0) is 63.9 Å². The number of nitrogens with zero attached hydrogens (tertiary/aromatic N) is 6. The van der Waals surface area contributed by atoms with Crippen LogP contribution in [-0.2, 0) is 4.79 Å². The SMILES string of the molecule is CCCN1CCN(C2(Cl)SC(N3C=C(C4CCCN4C)C=CC3)N=C2c2cc(Cl)cs2)C(N2CCC(C(N)=O)CC2)C1. The number of thiophene rings is 1. The average Bonchev–Trinajstić information content (AvgIpc) is 3.71. The van der Waals surface area contributed by atoms with Gasteiger partial charge in [0, 0.05) is 62.8 Å². The number of primary amides is 1. The molecule has 4 atom stereocenters. The van der Waals surface area contributed by atoms with Crippen LogP contribution in [0, 0.1) is 5.92 Å². The zero-order chi connectivity index (χ0) is 29.4. The Bertz CT molecular complexity index is 1230.